The molecule has 1 amide bonds. The van der Waals surface area contributed by atoms with Gasteiger partial charge in [0, 0.05) is 19.7 Å². The average molecular weight is 376 g/mol. The third kappa shape index (κ3) is 5.70. The lowest BCUT2D eigenvalue weighted by atomic mass is 10.1. The summed E-state index contributed by atoms with van der Waals surface area (Å²) >= 11 is 5.67. The molecular formula is C20H19ClFNO3. The number of likely N-dealkylation sites (N-methyl/N-ethyl adjacent to an activating group) is 1. The van der Waals surface area contributed by atoms with Crippen molar-refractivity contribution in [1.29, 1.82) is 0 Å². The van der Waals surface area contributed by atoms with Crippen molar-refractivity contribution in [2.24, 2.45) is 0 Å². The maximum absolute atomic E-state index is 13.1. The van der Waals surface area contributed by atoms with Crippen molar-refractivity contribution in [3.63, 3.8) is 0 Å². The van der Waals surface area contributed by atoms with Gasteiger partial charge in [0.1, 0.15) is 5.82 Å². The molecule has 0 bridgehead atoms. The molecule has 0 saturated carbocycles. The van der Waals surface area contributed by atoms with Crippen LogP contribution >= 0.6 is 11.6 Å². The fourth-order valence-electron chi connectivity index (χ4n) is 2.20. The van der Waals surface area contributed by atoms with Crippen LogP contribution in [0.1, 0.15) is 16.7 Å². The second-order valence-electron chi connectivity index (χ2n) is 5.79. The molecule has 0 radical (unpaired) electrons. The Balaban J connectivity index is 1.84. The Morgan fingerprint density at radius 2 is 1.96 bits per heavy atom. The highest BCUT2D eigenvalue weighted by Crippen LogP contribution is 2.16. The summed E-state index contributed by atoms with van der Waals surface area (Å²) in [6.45, 7) is 2.06. The monoisotopic (exact) mass is 375 g/mol. The van der Waals surface area contributed by atoms with Gasteiger partial charge >= 0.3 is 5.97 Å². The molecule has 0 saturated heterocycles. The van der Waals surface area contributed by atoms with Gasteiger partial charge in [-0.3, -0.25) is 4.79 Å². The van der Waals surface area contributed by atoms with Crippen molar-refractivity contribution < 1.29 is 18.7 Å². The van der Waals surface area contributed by atoms with Gasteiger partial charge < -0.3 is 9.64 Å². The zero-order valence-electron chi connectivity index (χ0n) is 14.5. The molecule has 0 atom stereocenters. The third-order valence-electron chi connectivity index (χ3n) is 3.79. The first-order valence-electron chi connectivity index (χ1n) is 7.95. The van der Waals surface area contributed by atoms with E-state index in [4.69, 9.17) is 16.3 Å². The van der Waals surface area contributed by atoms with Crippen LogP contribution in [0, 0.1) is 12.7 Å². The zero-order chi connectivity index (χ0) is 19.1. The molecule has 4 nitrogen and oxygen atoms in total. The van der Waals surface area contributed by atoms with E-state index in [0.717, 1.165) is 17.2 Å². The standard InChI is InChI=1S/C20H19ClFNO3/c1-14-5-3-4-6-16(14)12-23(2)19(24)13-26-20(25)10-8-15-7-9-18(22)17(21)11-15/h3-11H,12-13H2,1-2H3/b10-8+. The normalized spacial score (nSPS) is 10.8. The lowest BCUT2D eigenvalue weighted by Crippen LogP contribution is -2.30. The van der Waals surface area contributed by atoms with Crippen molar-refractivity contribution in [3.05, 3.63) is 76.1 Å². The van der Waals surface area contributed by atoms with Crippen LogP contribution in [0.25, 0.3) is 6.08 Å². The fourth-order valence-corrected chi connectivity index (χ4v) is 2.39. The quantitative estimate of drug-likeness (QED) is 0.566. The second-order valence-corrected chi connectivity index (χ2v) is 6.20. The first-order chi connectivity index (χ1) is 12.4. The number of amides is 1. The van der Waals surface area contributed by atoms with Gasteiger partial charge in [-0.05, 0) is 41.8 Å². The molecule has 0 aliphatic carbocycles. The van der Waals surface area contributed by atoms with Crippen molar-refractivity contribution in [2.45, 2.75) is 13.5 Å². The van der Waals surface area contributed by atoms with Crippen molar-refractivity contribution in [1.82, 2.24) is 4.90 Å². The summed E-state index contributed by atoms with van der Waals surface area (Å²) < 4.78 is 18.0. The van der Waals surface area contributed by atoms with Gasteiger partial charge in [0.15, 0.2) is 6.61 Å². The largest absolute Gasteiger partial charge is 0.452 e. The minimum absolute atomic E-state index is 0.0338. The lowest BCUT2D eigenvalue weighted by molar-refractivity contribution is -0.147. The lowest BCUT2D eigenvalue weighted by Gasteiger charge is -2.18. The summed E-state index contributed by atoms with van der Waals surface area (Å²) in [5.41, 5.74) is 2.67. The van der Waals surface area contributed by atoms with E-state index in [1.165, 1.54) is 29.2 Å². The number of ether oxygens (including phenoxy) is 1. The highest BCUT2D eigenvalue weighted by atomic mass is 35.5. The molecule has 0 fully saturated rings. The average Bonchev–Trinajstić information content (AvgIpc) is 2.62. The van der Waals surface area contributed by atoms with Crippen LogP contribution < -0.4 is 0 Å². The summed E-state index contributed by atoms with van der Waals surface area (Å²) in [7, 11) is 1.65. The van der Waals surface area contributed by atoms with E-state index in [-0.39, 0.29) is 17.5 Å². The first kappa shape index (κ1) is 19.7. The molecule has 0 aliphatic rings. The van der Waals surface area contributed by atoms with Gasteiger partial charge in [0.25, 0.3) is 5.91 Å². The van der Waals surface area contributed by atoms with Crippen LogP contribution in [0.3, 0.4) is 0 Å². The van der Waals surface area contributed by atoms with Crippen LogP contribution in [-0.4, -0.2) is 30.4 Å². The Labute approximate surface area is 156 Å². The van der Waals surface area contributed by atoms with Crippen molar-refractivity contribution in [2.75, 3.05) is 13.7 Å². The smallest absolute Gasteiger partial charge is 0.331 e. The van der Waals surface area contributed by atoms with Crippen LogP contribution in [-0.2, 0) is 20.9 Å². The van der Waals surface area contributed by atoms with Gasteiger partial charge in [-0.2, -0.15) is 0 Å². The van der Waals surface area contributed by atoms with Crippen molar-refractivity contribution in [3.8, 4) is 0 Å². The number of hydrogen-bond donors (Lipinski definition) is 0. The van der Waals surface area contributed by atoms with Gasteiger partial charge in [-0.25, -0.2) is 9.18 Å². The number of rotatable bonds is 6. The van der Waals surface area contributed by atoms with Crippen LogP contribution in [0.5, 0.6) is 0 Å². The molecule has 2 aromatic carbocycles. The SMILES string of the molecule is Cc1ccccc1CN(C)C(=O)COC(=O)/C=C/c1ccc(F)c(Cl)c1. The number of nitrogens with zero attached hydrogens (tertiary/aromatic N) is 1. The fraction of sp³-hybridized carbons (Fsp3) is 0.200. The van der Waals surface area contributed by atoms with E-state index >= 15 is 0 Å². The molecule has 2 aromatic rings. The molecule has 0 N–H and O–H groups in total. The Hall–Kier alpha value is -2.66. The molecular weight excluding hydrogens is 357 g/mol. The van der Waals surface area contributed by atoms with E-state index in [9.17, 15) is 14.0 Å². The predicted molar refractivity (Wildman–Crippen MR) is 99.1 cm³/mol. The van der Waals surface area contributed by atoms with Crippen LogP contribution in [0.4, 0.5) is 4.39 Å². The molecule has 26 heavy (non-hydrogen) atoms. The van der Waals surface area contributed by atoms with E-state index in [1.54, 1.807) is 7.05 Å². The Morgan fingerprint density at radius 3 is 2.65 bits per heavy atom. The highest BCUT2D eigenvalue weighted by molar-refractivity contribution is 6.30. The first-order valence-corrected chi connectivity index (χ1v) is 8.33. The molecule has 0 spiro atoms. The number of aryl methyl sites for hydroxylation is 1. The minimum Gasteiger partial charge on any atom is -0.452 e. The van der Waals surface area contributed by atoms with Crippen molar-refractivity contribution >= 4 is 29.6 Å². The van der Waals surface area contributed by atoms with E-state index in [2.05, 4.69) is 0 Å². The molecule has 0 aromatic heterocycles. The minimum atomic E-state index is -0.664. The van der Waals surface area contributed by atoms with Crippen LogP contribution in [0.15, 0.2) is 48.5 Å². The Bertz CT molecular complexity index is 836. The highest BCUT2D eigenvalue weighted by Gasteiger charge is 2.12. The number of hydrogen-bond acceptors (Lipinski definition) is 3. The number of carbonyl (C=O) groups is 2. The van der Waals surface area contributed by atoms with E-state index in [0.29, 0.717) is 12.1 Å². The van der Waals surface area contributed by atoms with Gasteiger partial charge in [0.05, 0.1) is 5.02 Å². The van der Waals surface area contributed by atoms with Crippen LogP contribution in [0.2, 0.25) is 5.02 Å². The maximum Gasteiger partial charge on any atom is 0.331 e. The zero-order valence-corrected chi connectivity index (χ0v) is 15.3. The number of carbonyl (C=O) groups excluding carboxylic acids is 2. The number of esters is 1. The molecule has 0 unspecified atom stereocenters. The maximum atomic E-state index is 13.1. The third-order valence-corrected chi connectivity index (χ3v) is 4.08. The number of benzene rings is 2. The molecule has 6 heteroatoms. The molecule has 0 heterocycles. The van der Waals surface area contributed by atoms with Gasteiger partial charge in [-0.1, -0.05) is 41.9 Å². The van der Waals surface area contributed by atoms with E-state index < -0.39 is 11.8 Å². The number of halogens is 2. The molecule has 136 valence electrons. The second kappa shape index (κ2) is 9.15. The molecule has 0 aliphatic heterocycles. The summed E-state index contributed by atoms with van der Waals surface area (Å²) in [5, 5.41) is -0.0338. The summed E-state index contributed by atoms with van der Waals surface area (Å²) in [6, 6.07) is 11.8. The van der Waals surface area contributed by atoms with Gasteiger partial charge in [-0.15, -0.1) is 0 Å². The Kier molecular flexibility index (Phi) is 6.92. The predicted octanol–water partition coefficient (Wildman–Crippen LogP) is 4.00. The summed E-state index contributed by atoms with van der Waals surface area (Å²) in [6.07, 6.45) is 2.60. The van der Waals surface area contributed by atoms with Gasteiger partial charge in [0.2, 0.25) is 0 Å². The molecule has 2 rings (SSSR count). The summed E-state index contributed by atoms with van der Waals surface area (Å²) in [4.78, 5) is 25.3. The Morgan fingerprint density at radius 1 is 1.23 bits per heavy atom. The topological polar surface area (TPSA) is 46.6 Å². The summed E-state index contributed by atoms with van der Waals surface area (Å²) in [5.74, 6) is -1.50. The van der Waals surface area contributed by atoms with E-state index in [1.807, 2.05) is 31.2 Å².